The van der Waals surface area contributed by atoms with E-state index < -0.39 is 5.91 Å². The Morgan fingerprint density at radius 2 is 1.87 bits per heavy atom. The second-order valence-corrected chi connectivity index (χ2v) is 3.05. The SMILES string of the molecule is COc1cc(OC)c(CC(N)=O)cc1N. The van der Waals surface area contributed by atoms with Gasteiger partial charge in [0.25, 0.3) is 0 Å². The van der Waals surface area contributed by atoms with Crippen molar-refractivity contribution in [2.75, 3.05) is 20.0 Å². The van der Waals surface area contributed by atoms with Crippen molar-refractivity contribution in [1.29, 1.82) is 0 Å². The summed E-state index contributed by atoms with van der Waals surface area (Å²) in [7, 11) is 3.02. The van der Waals surface area contributed by atoms with Crippen molar-refractivity contribution in [3.63, 3.8) is 0 Å². The van der Waals surface area contributed by atoms with Gasteiger partial charge in [-0.1, -0.05) is 0 Å². The molecular formula is C10H14N2O3. The Morgan fingerprint density at radius 1 is 1.27 bits per heavy atom. The third-order valence-electron chi connectivity index (χ3n) is 2.00. The number of amides is 1. The van der Waals surface area contributed by atoms with Gasteiger partial charge >= 0.3 is 0 Å². The van der Waals surface area contributed by atoms with Gasteiger partial charge in [0, 0.05) is 11.6 Å². The second-order valence-electron chi connectivity index (χ2n) is 3.05. The largest absolute Gasteiger partial charge is 0.496 e. The lowest BCUT2D eigenvalue weighted by molar-refractivity contribution is -0.117. The van der Waals surface area contributed by atoms with E-state index in [9.17, 15) is 4.79 Å². The Kier molecular flexibility index (Phi) is 3.38. The van der Waals surface area contributed by atoms with E-state index in [2.05, 4.69) is 0 Å². The van der Waals surface area contributed by atoms with E-state index in [1.807, 2.05) is 0 Å². The third kappa shape index (κ3) is 2.52. The normalized spacial score (nSPS) is 9.73. The highest BCUT2D eigenvalue weighted by molar-refractivity contribution is 5.78. The minimum Gasteiger partial charge on any atom is -0.496 e. The molecule has 0 aliphatic rings. The summed E-state index contributed by atoms with van der Waals surface area (Å²) in [6.45, 7) is 0. The molecule has 82 valence electrons. The maximum absolute atomic E-state index is 10.8. The molecule has 0 heterocycles. The molecule has 1 amide bonds. The first-order chi connectivity index (χ1) is 7.08. The number of benzene rings is 1. The lowest BCUT2D eigenvalue weighted by atomic mass is 10.1. The highest BCUT2D eigenvalue weighted by Crippen LogP contribution is 2.30. The van der Waals surface area contributed by atoms with Gasteiger partial charge in [0.1, 0.15) is 11.5 Å². The lowest BCUT2D eigenvalue weighted by Crippen LogP contribution is -2.14. The Morgan fingerprint density at radius 3 is 2.33 bits per heavy atom. The van der Waals surface area contributed by atoms with Crippen LogP contribution in [0.25, 0.3) is 0 Å². The fourth-order valence-corrected chi connectivity index (χ4v) is 1.32. The molecule has 0 aromatic heterocycles. The quantitative estimate of drug-likeness (QED) is 0.700. The Labute approximate surface area is 88.0 Å². The van der Waals surface area contributed by atoms with Crippen molar-refractivity contribution in [3.05, 3.63) is 17.7 Å². The van der Waals surface area contributed by atoms with Crippen LogP contribution in [0.2, 0.25) is 0 Å². The molecular weight excluding hydrogens is 196 g/mol. The van der Waals surface area contributed by atoms with E-state index in [0.717, 1.165) is 0 Å². The number of carbonyl (C=O) groups excluding carboxylic acids is 1. The average Bonchev–Trinajstić information content (AvgIpc) is 2.17. The molecule has 0 unspecified atom stereocenters. The molecule has 5 nitrogen and oxygen atoms in total. The average molecular weight is 210 g/mol. The molecule has 1 aromatic carbocycles. The first-order valence-electron chi connectivity index (χ1n) is 4.37. The van der Waals surface area contributed by atoms with E-state index in [0.29, 0.717) is 22.7 Å². The van der Waals surface area contributed by atoms with Gasteiger partial charge in [-0.2, -0.15) is 0 Å². The number of methoxy groups -OCH3 is 2. The van der Waals surface area contributed by atoms with Crippen LogP contribution in [-0.2, 0) is 11.2 Å². The van der Waals surface area contributed by atoms with Gasteiger partial charge in [-0.3, -0.25) is 4.79 Å². The predicted octanol–water partition coefficient (Wildman–Crippen LogP) is 0.314. The first-order valence-corrected chi connectivity index (χ1v) is 4.37. The molecule has 15 heavy (non-hydrogen) atoms. The van der Waals surface area contributed by atoms with Crippen LogP contribution in [0.4, 0.5) is 5.69 Å². The smallest absolute Gasteiger partial charge is 0.221 e. The van der Waals surface area contributed by atoms with Gasteiger partial charge in [-0.15, -0.1) is 0 Å². The van der Waals surface area contributed by atoms with Crippen LogP contribution < -0.4 is 20.9 Å². The molecule has 0 radical (unpaired) electrons. The van der Waals surface area contributed by atoms with E-state index in [1.54, 1.807) is 12.1 Å². The standard InChI is InChI=1S/C10H14N2O3/c1-14-8-5-9(15-2)7(11)3-6(8)4-10(12)13/h3,5H,4,11H2,1-2H3,(H2,12,13). The summed E-state index contributed by atoms with van der Waals surface area (Å²) in [6, 6.07) is 3.26. The second kappa shape index (κ2) is 4.54. The van der Waals surface area contributed by atoms with Gasteiger partial charge in [0.05, 0.1) is 26.3 Å². The van der Waals surface area contributed by atoms with Crippen LogP contribution >= 0.6 is 0 Å². The van der Waals surface area contributed by atoms with E-state index >= 15 is 0 Å². The number of carbonyl (C=O) groups is 1. The third-order valence-corrected chi connectivity index (χ3v) is 2.00. The minimum absolute atomic E-state index is 0.0946. The van der Waals surface area contributed by atoms with Crippen LogP contribution in [0.5, 0.6) is 11.5 Å². The Balaban J connectivity index is 3.15. The Hall–Kier alpha value is -1.91. The van der Waals surface area contributed by atoms with Gasteiger partial charge in [0.15, 0.2) is 0 Å². The van der Waals surface area contributed by atoms with Crippen molar-refractivity contribution < 1.29 is 14.3 Å². The molecule has 5 heteroatoms. The summed E-state index contributed by atoms with van der Waals surface area (Å²) < 4.78 is 10.1. The molecule has 0 aliphatic carbocycles. The molecule has 4 N–H and O–H groups in total. The summed E-state index contributed by atoms with van der Waals surface area (Å²) in [5.41, 5.74) is 11.9. The zero-order valence-electron chi connectivity index (χ0n) is 8.74. The molecule has 1 aromatic rings. The molecule has 0 saturated heterocycles. The summed E-state index contributed by atoms with van der Waals surface area (Å²) in [5.74, 6) is 0.623. The molecule has 0 saturated carbocycles. The van der Waals surface area contributed by atoms with Crippen molar-refractivity contribution in [2.45, 2.75) is 6.42 Å². The number of rotatable bonds is 4. The van der Waals surface area contributed by atoms with E-state index in [4.69, 9.17) is 20.9 Å². The number of primary amides is 1. The van der Waals surface area contributed by atoms with Crippen molar-refractivity contribution in [2.24, 2.45) is 5.73 Å². The first kappa shape index (κ1) is 11.2. The molecule has 0 bridgehead atoms. The van der Waals surface area contributed by atoms with Crippen LogP contribution in [0.3, 0.4) is 0 Å². The predicted molar refractivity (Wildman–Crippen MR) is 56.9 cm³/mol. The highest BCUT2D eigenvalue weighted by Gasteiger charge is 2.10. The molecule has 0 atom stereocenters. The van der Waals surface area contributed by atoms with Crippen LogP contribution in [-0.4, -0.2) is 20.1 Å². The fraction of sp³-hybridized carbons (Fsp3) is 0.300. The van der Waals surface area contributed by atoms with Crippen LogP contribution in [0.1, 0.15) is 5.56 Å². The highest BCUT2D eigenvalue weighted by atomic mass is 16.5. The summed E-state index contributed by atoms with van der Waals surface area (Å²) in [4.78, 5) is 10.8. The van der Waals surface area contributed by atoms with Crippen molar-refractivity contribution in [1.82, 2.24) is 0 Å². The lowest BCUT2D eigenvalue weighted by Gasteiger charge is -2.11. The van der Waals surface area contributed by atoms with Gasteiger partial charge in [-0.25, -0.2) is 0 Å². The monoisotopic (exact) mass is 210 g/mol. The van der Waals surface area contributed by atoms with Gasteiger partial charge < -0.3 is 20.9 Å². The zero-order valence-corrected chi connectivity index (χ0v) is 8.74. The number of nitrogen functional groups attached to an aromatic ring is 1. The molecule has 0 spiro atoms. The topological polar surface area (TPSA) is 87.6 Å². The number of anilines is 1. The van der Waals surface area contributed by atoms with Crippen molar-refractivity contribution in [3.8, 4) is 11.5 Å². The molecule has 1 rings (SSSR count). The number of hydrogen-bond acceptors (Lipinski definition) is 4. The number of ether oxygens (including phenoxy) is 2. The van der Waals surface area contributed by atoms with Crippen molar-refractivity contribution >= 4 is 11.6 Å². The number of nitrogens with two attached hydrogens (primary N) is 2. The maximum Gasteiger partial charge on any atom is 0.221 e. The molecule has 0 aliphatic heterocycles. The molecule has 0 fully saturated rings. The summed E-state index contributed by atoms with van der Waals surface area (Å²) >= 11 is 0. The van der Waals surface area contributed by atoms with E-state index in [-0.39, 0.29) is 6.42 Å². The number of hydrogen-bond donors (Lipinski definition) is 2. The summed E-state index contributed by atoms with van der Waals surface area (Å²) in [6.07, 6.45) is 0.0946. The van der Waals surface area contributed by atoms with Crippen LogP contribution in [0.15, 0.2) is 12.1 Å². The minimum atomic E-state index is -0.433. The van der Waals surface area contributed by atoms with Gasteiger partial charge in [-0.05, 0) is 6.07 Å². The van der Waals surface area contributed by atoms with Crippen LogP contribution in [0, 0.1) is 0 Å². The van der Waals surface area contributed by atoms with E-state index in [1.165, 1.54) is 14.2 Å². The maximum atomic E-state index is 10.8. The fourth-order valence-electron chi connectivity index (χ4n) is 1.32. The zero-order chi connectivity index (χ0) is 11.4. The summed E-state index contributed by atoms with van der Waals surface area (Å²) in [5, 5.41) is 0. The van der Waals surface area contributed by atoms with Gasteiger partial charge in [0.2, 0.25) is 5.91 Å². The Bertz CT molecular complexity index is 377.